The predicted molar refractivity (Wildman–Crippen MR) is 84.0 cm³/mol. The highest BCUT2D eigenvalue weighted by molar-refractivity contribution is 7.17. The lowest BCUT2D eigenvalue weighted by Gasteiger charge is -2.09. The third kappa shape index (κ3) is 2.15. The molecule has 0 unspecified atom stereocenters. The number of nitrogens with zero attached hydrogens (tertiary/aromatic N) is 2. The molecule has 0 saturated heterocycles. The Kier molecular flexibility index (Phi) is 3.04. The van der Waals surface area contributed by atoms with Crippen LogP contribution in [0.25, 0.3) is 4.96 Å². The fourth-order valence-corrected chi connectivity index (χ4v) is 4.22. The second kappa shape index (κ2) is 4.90. The van der Waals surface area contributed by atoms with Crippen LogP contribution in [0.3, 0.4) is 0 Å². The molecule has 3 aromatic rings. The maximum Gasteiger partial charge on any atom is 0.194 e. The number of halogens is 1. The maximum atomic E-state index is 6.05. The molecule has 0 saturated carbocycles. The summed E-state index contributed by atoms with van der Waals surface area (Å²) in [4.78, 5) is 7.29. The minimum Gasteiger partial charge on any atom is -0.294 e. The van der Waals surface area contributed by atoms with Crippen molar-refractivity contribution >= 4 is 27.9 Å². The lowest BCUT2D eigenvalue weighted by molar-refractivity contribution is 0.660. The smallest absolute Gasteiger partial charge is 0.194 e. The molecule has 2 heterocycles. The highest BCUT2D eigenvalue weighted by Crippen LogP contribution is 2.28. The van der Waals surface area contributed by atoms with Gasteiger partial charge in [-0.25, -0.2) is 4.98 Å². The number of imidazole rings is 1. The zero-order valence-corrected chi connectivity index (χ0v) is 12.7. The molecule has 0 atom stereocenters. The quantitative estimate of drug-likeness (QED) is 0.680. The molecule has 2 aromatic heterocycles. The van der Waals surface area contributed by atoms with Crippen molar-refractivity contribution in [2.45, 2.75) is 32.1 Å². The van der Waals surface area contributed by atoms with Crippen LogP contribution in [-0.4, -0.2) is 9.38 Å². The van der Waals surface area contributed by atoms with Gasteiger partial charge in [-0.05, 0) is 43.4 Å². The molecule has 0 fully saturated rings. The first-order valence-corrected chi connectivity index (χ1v) is 8.22. The van der Waals surface area contributed by atoms with Crippen molar-refractivity contribution in [3.8, 4) is 0 Å². The van der Waals surface area contributed by atoms with Gasteiger partial charge in [0.1, 0.15) is 0 Å². The van der Waals surface area contributed by atoms with E-state index < -0.39 is 0 Å². The number of aryl methyl sites for hydroxylation is 2. The van der Waals surface area contributed by atoms with Gasteiger partial charge in [0.05, 0.1) is 5.69 Å². The van der Waals surface area contributed by atoms with Crippen molar-refractivity contribution in [1.29, 1.82) is 0 Å². The summed E-state index contributed by atoms with van der Waals surface area (Å²) in [6.07, 6.45) is 8.09. The van der Waals surface area contributed by atoms with Gasteiger partial charge >= 0.3 is 0 Å². The average Bonchev–Trinajstić information content (AvgIpc) is 2.95. The SMILES string of the molecule is Clc1cccc(Cc2cn3c4c(nc3s2)CCCC4)c1. The maximum absolute atomic E-state index is 6.05. The van der Waals surface area contributed by atoms with Crippen LogP contribution in [0.4, 0.5) is 0 Å². The van der Waals surface area contributed by atoms with E-state index in [2.05, 4.69) is 16.7 Å². The van der Waals surface area contributed by atoms with Crippen LogP contribution in [0.2, 0.25) is 5.02 Å². The Balaban J connectivity index is 1.69. The second-order valence-electron chi connectivity index (χ2n) is 5.37. The molecular formula is C16H15ClN2S. The van der Waals surface area contributed by atoms with Gasteiger partial charge in [-0.1, -0.05) is 23.7 Å². The fourth-order valence-electron chi connectivity index (χ4n) is 2.96. The molecule has 1 aromatic carbocycles. The summed E-state index contributed by atoms with van der Waals surface area (Å²) in [5.41, 5.74) is 4.01. The molecule has 0 aliphatic heterocycles. The van der Waals surface area contributed by atoms with E-state index in [-0.39, 0.29) is 0 Å². The highest BCUT2D eigenvalue weighted by atomic mass is 35.5. The zero-order valence-electron chi connectivity index (χ0n) is 11.1. The van der Waals surface area contributed by atoms with E-state index in [1.807, 2.05) is 18.2 Å². The first kappa shape index (κ1) is 12.4. The Labute approximate surface area is 127 Å². The predicted octanol–water partition coefficient (Wildman–Crippen LogP) is 4.52. The van der Waals surface area contributed by atoms with Crippen LogP contribution in [0.1, 0.15) is 34.7 Å². The van der Waals surface area contributed by atoms with Gasteiger partial charge in [0.2, 0.25) is 0 Å². The van der Waals surface area contributed by atoms with Gasteiger partial charge in [0.25, 0.3) is 0 Å². The number of hydrogen-bond acceptors (Lipinski definition) is 2. The monoisotopic (exact) mass is 302 g/mol. The average molecular weight is 303 g/mol. The van der Waals surface area contributed by atoms with Gasteiger partial charge in [0, 0.05) is 28.2 Å². The lowest BCUT2D eigenvalue weighted by Crippen LogP contribution is -2.03. The van der Waals surface area contributed by atoms with Gasteiger partial charge in [0.15, 0.2) is 4.96 Å². The van der Waals surface area contributed by atoms with Crippen LogP contribution in [0.15, 0.2) is 30.5 Å². The van der Waals surface area contributed by atoms with E-state index >= 15 is 0 Å². The van der Waals surface area contributed by atoms with Crippen molar-refractivity contribution in [1.82, 2.24) is 9.38 Å². The Morgan fingerprint density at radius 3 is 3.05 bits per heavy atom. The normalized spacial score (nSPS) is 14.7. The van der Waals surface area contributed by atoms with E-state index in [0.29, 0.717) is 0 Å². The van der Waals surface area contributed by atoms with Crippen molar-refractivity contribution in [3.05, 3.63) is 57.3 Å². The molecule has 0 radical (unpaired) electrons. The molecule has 2 nitrogen and oxygen atoms in total. The Hall–Kier alpha value is -1.32. The molecule has 0 bridgehead atoms. The van der Waals surface area contributed by atoms with Crippen LogP contribution in [0.5, 0.6) is 0 Å². The first-order valence-electron chi connectivity index (χ1n) is 7.02. The molecule has 4 rings (SSSR count). The topological polar surface area (TPSA) is 17.3 Å². The van der Waals surface area contributed by atoms with Gasteiger partial charge in [-0.2, -0.15) is 0 Å². The molecule has 20 heavy (non-hydrogen) atoms. The molecule has 1 aliphatic carbocycles. The van der Waals surface area contributed by atoms with Crippen molar-refractivity contribution < 1.29 is 0 Å². The molecule has 0 amide bonds. The van der Waals surface area contributed by atoms with E-state index in [0.717, 1.165) is 22.8 Å². The van der Waals surface area contributed by atoms with Crippen LogP contribution >= 0.6 is 22.9 Å². The number of benzene rings is 1. The number of hydrogen-bond donors (Lipinski definition) is 0. The van der Waals surface area contributed by atoms with Crippen molar-refractivity contribution in [2.75, 3.05) is 0 Å². The number of thiazole rings is 1. The summed E-state index contributed by atoms with van der Waals surface area (Å²) in [5.74, 6) is 0. The summed E-state index contributed by atoms with van der Waals surface area (Å²) < 4.78 is 2.30. The van der Waals surface area contributed by atoms with E-state index in [1.54, 1.807) is 11.3 Å². The molecule has 0 N–H and O–H groups in total. The number of aromatic nitrogens is 2. The summed E-state index contributed by atoms with van der Waals surface area (Å²) in [6.45, 7) is 0. The van der Waals surface area contributed by atoms with Crippen molar-refractivity contribution in [2.24, 2.45) is 0 Å². The Morgan fingerprint density at radius 1 is 1.25 bits per heavy atom. The van der Waals surface area contributed by atoms with Gasteiger partial charge < -0.3 is 0 Å². The van der Waals surface area contributed by atoms with Crippen molar-refractivity contribution in [3.63, 3.8) is 0 Å². The fraction of sp³-hybridized carbons (Fsp3) is 0.312. The summed E-state index contributed by atoms with van der Waals surface area (Å²) >= 11 is 7.85. The Morgan fingerprint density at radius 2 is 2.15 bits per heavy atom. The van der Waals surface area contributed by atoms with Crippen LogP contribution < -0.4 is 0 Å². The van der Waals surface area contributed by atoms with Crippen LogP contribution in [0, 0.1) is 0 Å². The largest absolute Gasteiger partial charge is 0.294 e. The van der Waals surface area contributed by atoms with E-state index in [4.69, 9.17) is 16.6 Å². The molecule has 4 heteroatoms. The minimum atomic E-state index is 0.807. The van der Waals surface area contributed by atoms with E-state index in [9.17, 15) is 0 Å². The standard InChI is InChI=1S/C16H15ClN2S/c17-12-5-3-4-11(8-12)9-13-10-19-15-7-2-1-6-14(15)18-16(19)20-13/h3-5,8,10H,1-2,6-7,9H2. The summed E-state index contributed by atoms with van der Waals surface area (Å²) in [5, 5.41) is 0.807. The minimum absolute atomic E-state index is 0.807. The van der Waals surface area contributed by atoms with Gasteiger partial charge in [-0.15, -0.1) is 11.3 Å². The van der Waals surface area contributed by atoms with Gasteiger partial charge in [-0.3, -0.25) is 4.40 Å². The highest BCUT2D eigenvalue weighted by Gasteiger charge is 2.17. The van der Waals surface area contributed by atoms with E-state index in [1.165, 1.54) is 41.1 Å². The number of fused-ring (bicyclic) bond motifs is 3. The molecule has 0 spiro atoms. The zero-order chi connectivity index (χ0) is 13.5. The molecule has 1 aliphatic rings. The molecular weight excluding hydrogens is 288 g/mol. The third-order valence-corrected chi connectivity index (χ3v) is 5.12. The lowest BCUT2D eigenvalue weighted by atomic mass is 10.0. The van der Waals surface area contributed by atoms with Crippen LogP contribution in [-0.2, 0) is 19.3 Å². The number of rotatable bonds is 2. The first-order chi connectivity index (χ1) is 9.79. The summed E-state index contributed by atoms with van der Waals surface area (Å²) in [6, 6.07) is 8.10. The Bertz CT molecular complexity index is 772. The third-order valence-electron chi connectivity index (χ3n) is 3.90. The second-order valence-corrected chi connectivity index (χ2v) is 6.90. The molecule has 102 valence electrons. The summed E-state index contributed by atoms with van der Waals surface area (Å²) in [7, 11) is 0.